The third-order valence-corrected chi connectivity index (χ3v) is 6.07. The second kappa shape index (κ2) is 8.41. The maximum Gasteiger partial charge on any atom is 0.234 e. The number of amides is 2. The quantitative estimate of drug-likeness (QED) is 0.786. The molecule has 5 nitrogen and oxygen atoms in total. The first-order chi connectivity index (χ1) is 12.6. The Kier molecular flexibility index (Phi) is 5.99. The highest BCUT2D eigenvalue weighted by Crippen LogP contribution is 2.37. The Labute approximate surface area is 164 Å². The zero-order valence-electron chi connectivity index (χ0n) is 13.5. The molecule has 2 amide bonds. The van der Waals surface area contributed by atoms with Crippen LogP contribution >= 0.6 is 34.7 Å². The van der Waals surface area contributed by atoms with Crippen LogP contribution in [-0.2, 0) is 9.59 Å². The number of anilines is 1. The molecule has 0 fully saturated rings. The lowest BCUT2D eigenvalue weighted by Gasteiger charge is -2.23. The molecule has 26 heavy (non-hydrogen) atoms. The van der Waals surface area contributed by atoms with Crippen LogP contribution in [0.2, 0.25) is 5.02 Å². The Balaban J connectivity index is 1.72. The second-order valence-electron chi connectivity index (χ2n) is 5.49. The van der Waals surface area contributed by atoms with Gasteiger partial charge in [-0.3, -0.25) is 9.59 Å². The van der Waals surface area contributed by atoms with E-state index in [2.05, 4.69) is 16.7 Å². The topological polar surface area (TPSA) is 82.0 Å². The highest BCUT2D eigenvalue weighted by Gasteiger charge is 2.30. The molecule has 3 rings (SSSR count). The summed E-state index contributed by atoms with van der Waals surface area (Å²) in [4.78, 5) is 25.2. The molecule has 0 spiro atoms. The molecule has 132 valence electrons. The fraction of sp³-hybridized carbons (Fsp3) is 0.167. The average Bonchev–Trinajstić information content (AvgIpc) is 3.16. The van der Waals surface area contributed by atoms with E-state index >= 15 is 0 Å². The van der Waals surface area contributed by atoms with Gasteiger partial charge in [0, 0.05) is 17.2 Å². The van der Waals surface area contributed by atoms with Crippen LogP contribution in [0.25, 0.3) is 0 Å². The average molecular weight is 404 g/mol. The first-order valence-electron chi connectivity index (χ1n) is 7.73. The lowest BCUT2D eigenvalue weighted by molar-refractivity contribution is -0.121. The van der Waals surface area contributed by atoms with Gasteiger partial charge < -0.3 is 10.6 Å². The number of carbonyl (C=O) groups excluding carboxylic acids is 2. The molecule has 0 radical (unpaired) electrons. The monoisotopic (exact) mass is 403 g/mol. The van der Waals surface area contributed by atoms with Gasteiger partial charge in [-0.2, -0.15) is 5.26 Å². The number of benzene rings is 1. The van der Waals surface area contributed by atoms with Gasteiger partial charge >= 0.3 is 0 Å². The molecule has 1 aliphatic heterocycles. The Morgan fingerprint density at radius 2 is 2.19 bits per heavy atom. The molecule has 1 atom stereocenters. The van der Waals surface area contributed by atoms with Crippen LogP contribution in [0, 0.1) is 11.3 Å². The molecule has 2 heterocycles. The number of thioether (sulfide) groups is 1. The number of carbonyl (C=O) groups is 2. The van der Waals surface area contributed by atoms with Crippen molar-refractivity contribution in [3.05, 3.63) is 62.3 Å². The molecule has 0 aliphatic carbocycles. The molecule has 2 aromatic rings. The molecule has 0 bridgehead atoms. The summed E-state index contributed by atoms with van der Waals surface area (Å²) >= 11 is 8.68. The van der Waals surface area contributed by atoms with Gasteiger partial charge in [0.15, 0.2) is 0 Å². The van der Waals surface area contributed by atoms with E-state index in [1.807, 2.05) is 17.5 Å². The highest BCUT2D eigenvalue weighted by molar-refractivity contribution is 8.03. The van der Waals surface area contributed by atoms with Crippen LogP contribution in [0.3, 0.4) is 0 Å². The minimum absolute atomic E-state index is 0.0587. The van der Waals surface area contributed by atoms with Gasteiger partial charge in [0.05, 0.1) is 33.1 Å². The van der Waals surface area contributed by atoms with E-state index in [9.17, 15) is 14.9 Å². The summed E-state index contributed by atoms with van der Waals surface area (Å²) in [6, 6.07) is 13.0. The molecule has 0 saturated carbocycles. The summed E-state index contributed by atoms with van der Waals surface area (Å²) in [5.74, 6) is -0.622. The summed E-state index contributed by atoms with van der Waals surface area (Å²) in [7, 11) is 0. The van der Waals surface area contributed by atoms with Crippen molar-refractivity contribution in [3.8, 4) is 6.07 Å². The van der Waals surface area contributed by atoms with Gasteiger partial charge in [-0.1, -0.05) is 41.6 Å². The summed E-state index contributed by atoms with van der Waals surface area (Å²) in [6.07, 6.45) is 0.235. The zero-order chi connectivity index (χ0) is 18.5. The molecule has 1 aromatic carbocycles. The largest absolute Gasteiger partial charge is 0.324 e. The van der Waals surface area contributed by atoms with Crippen LogP contribution in [0.4, 0.5) is 5.69 Å². The van der Waals surface area contributed by atoms with Crippen molar-refractivity contribution in [2.45, 2.75) is 12.3 Å². The normalized spacial score (nSPS) is 16.8. The molecule has 1 aliphatic rings. The summed E-state index contributed by atoms with van der Waals surface area (Å²) in [5.41, 5.74) is 1.01. The molecule has 1 aromatic heterocycles. The van der Waals surface area contributed by atoms with Gasteiger partial charge in [-0.25, -0.2) is 0 Å². The lowest BCUT2D eigenvalue weighted by Crippen LogP contribution is -2.31. The minimum atomic E-state index is -0.264. The van der Waals surface area contributed by atoms with Gasteiger partial charge in [0.25, 0.3) is 0 Å². The summed E-state index contributed by atoms with van der Waals surface area (Å²) in [6.45, 7) is 0. The number of nitrogens with one attached hydrogen (secondary N) is 2. The molecule has 0 unspecified atom stereocenters. The van der Waals surface area contributed by atoms with Crippen molar-refractivity contribution in [3.63, 3.8) is 0 Å². The van der Waals surface area contributed by atoms with Gasteiger partial charge in [-0.15, -0.1) is 11.3 Å². The SMILES string of the molecule is N#CC1=C(SCC(=O)Nc2ccccc2Cl)NC(=O)C[C@@H]1c1cccs1. The van der Waals surface area contributed by atoms with Crippen LogP contribution in [0.1, 0.15) is 17.2 Å². The number of thiophene rings is 1. The predicted octanol–water partition coefficient (Wildman–Crippen LogP) is 4.11. The number of hydrogen-bond donors (Lipinski definition) is 2. The van der Waals surface area contributed by atoms with E-state index in [4.69, 9.17) is 11.6 Å². The van der Waals surface area contributed by atoms with Crippen LogP contribution in [0.5, 0.6) is 0 Å². The van der Waals surface area contributed by atoms with E-state index in [1.54, 1.807) is 24.3 Å². The third-order valence-electron chi connectivity index (χ3n) is 3.74. The van der Waals surface area contributed by atoms with E-state index in [0.29, 0.717) is 21.3 Å². The number of para-hydroxylation sites is 1. The van der Waals surface area contributed by atoms with Gasteiger partial charge in [-0.05, 0) is 23.6 Å². The number of nitriles is 1. The van der Waals surface area contributed by atoms with Crippen LogP contribution < -0.4 is 10.6 Å². The maximum absolute atomic E-state index is 12.2. The van der Waals surface area contributed by atoms with E-state index in [0.717, 1.165) is 16.6 Å². The van der Waals surface area contributed by atoms with E-state index < -0.39 is 0 Å². The number of nitrogens with zero attached hydrogens (tertiary/aromatic N) is 1. The molecule has 8 heteroatoms. The minimum Gasteiger partial charge on any atom is -0.324 e. The predicted molar refractivity (Wildman–Crippen MR) is 105 cm³/mol. The van der Waals surface area contributed by atoms with Crippen molar-refractivity contribution in [2.75, 3.05) is 11.1 Å². The Hall–Kier alpha value is -2.27. The maximum atomic E-state index is 12.2. The first-order valence-corrected chi connectivity index (χ1v) is 9.97. The Bertz CT molecular complexity index is 903. The molecular weight excluding hydrogens is 390 g/mol. The smallest absolute Gasteiger partial charge is 0.234 e. The number of hydrogen-bond acceptors (Lipinski definition) is 5. The lowest BCUT2D eigenvalue weighted by atomic mass is 9.93. The fourth-order valence-electron chi connectivity index (χ4n) is 2.55. The van der Waals surface area contributed by atoms with E-state index in [1.165, 1.54) is 11.3 Å². The number of allylic oxidation sites excluding steroid dienone is 1. The Morgan fingerprint density at radius 1 is 1.38 bits per heavy atom. The van der Waals surface area contributed by atoms with Crippen molar-refractivity contribution in [2.24, 2.45) is 0 Å². The summed E-state index contributed by atoms with van der Waals surface area (Å²) < 4.78 is 0. The van der Waals surface area contributed by atoms with Crippen LogP contribution in [0.15, 0.2) is 52.4 Å². The van der Waals surface area contributed by atoms with E-state index in [-0.39, 0.29) is 29.9 Å². The number of halogens is 1. The van der Waals surface area contributed by atoms with Crippen molar-refractivity contribution >= 4 is 52.2 Å². The van der Waals surface area contributed by atoms with Gasteiger partial charge in [0.2, 0.25) is 11.8 Å². The number of rotatable bonds is 5. The summed E-state index contributed by atoms with van der Waals surface area (Å²) in [5, 5.41) is 17.8. The third kappa shape index (κ3) is 4.28. The van der Waals surface area contributed by atoms with Crippen molar-refractivity contribution in [1.82, 2.24) is 5.32 Å². The molecule has 0 saturated heterocycles. The highest BCUT2D eigenvalue weighted by atomic mass is 35.5. The standard InChI is InChI=1S/C18H14ClN3O2S2/c19-13-4-1-2-5-14(13)21-17(24)10-26-18-12(9-20)11(8-16(23)22-18)15-6-3-7-25-15/h1-7,11H,8,10H2,(H,21,24)(H,22,23)/t11-/m0/s1. The Morgan fingerprint density at radius 3 is 2.88 bits per heavy atom. The van der Waals surface area contributed by atoms with Crippen LogP contribution in [-0.4, -0.2) is 17.6 Å². The van der Waals surface area contributed by atoms with Crippen molar-refractivity contribution in [1.29, 1.82) is 5.26 Å². The van der Waals surface area contributed by atoms with Crippen molar-refractivity contribution < 1.29 is 9.59 Å². The molecular formula is C18H14ClN3O2S2. The zero-order valence-corrected chi connectivity index (χ0v) is 15.9. The fourth-order valence-corrected chi connectivity index (χ4v) is 4.45. The van der Waals surface area contributed by atoms with Gasteiger partial charge in [0.1, 0.15) is 0 Å². The molecule has 2 N–H and O–H groups in total. The second-order valence-corrected chi connectivity index (χ2v) is 7.86. The first kappa shape index (κ1) is 18.5.